The van der Waals surface area contributed by atoms with Crippen LogP contribution in [0.3, 0.4) is 0 Å². The van der Waals surface area contributed by atoms with Gasteiger partial charge in [-0.05, 0) is 42.3 Å². The second-order valence-corrected chi connectivity index (χ2v) is 6.99. The fourth-order valence-electron chi connectivity index (χ4n) is 3.12. The standard InChI is InChI=1S/C20H21F3N2O2/c1-13(2)4-3-9-27-14-5-6-16-15-7-8-24-11-17(15)19(26)25(18(16)10-14)12-20(21,22)23/h5-8,10-11,13H,3-4,9,12H2,1-2H3. The highest BCUT2D eigenvalue weighted by Crippen LogP contribution is 2.28. The summed E-state index contributed by atoms with van der Waals surface area (Å²) in [4.78, 5) is 16.5. The van der Waals surface area contributed by atoms with E-state index in [1.807, 2.05) is 0 Å². The smallest absolute Gasteiger partial charge is 0.406 e. The Morgan fingerprint density at radius 2 is 1.93 bits per heavy atom. The van der Waals surface area contributed by atoms with Crippen LogP contribution in [0.5, 0.6) is 5.75 Å². The molecule has 27 heavy (non-hydrogen) atoms. The van der Waals surface area contributed by atoms with Crippen LogP contribution >= 0.6 is 0 Å². The fraction of sp³-hybridized carbons (Fsp3) is 0.400. The first kappa shape index (κ1) is 19.2. The third kappa shape index (κ3) is 4.40. The predicted molar refractivity (Wildman–Crippen MR) is 99.1 cm³/mol. The summed E-state index contributed by atoms with van der Waals surface area (Å²) < 4.78 is 45.6. The minimum Gasteiger partial charge on any atom is -0.494 e. The van der Waals surface area contributed by atoms with Gasteiger partial charge in [0, 0.05) is 23.8 Å². The number of alkyl halides is 3. The Morgan fingerprint density at radius 3 is 2.63 bits per heavy atom. The molecule has 0 aliphatic heterocycles. The van der Waals surface area contributed by atoms with Gasteiger partial charge in [0.05, 0.1) is 17.5 Å². The molecule has 1 aromatic carbocycles. The molecule has 2 aromatic heterocycles. The highest BCUT2D eigenvalue weighted by atomic mass is 19.4. The molecule has 0 radical (unpaired) electrons. The zero-order chi connectivity index (χ0) is 19.6. The van der Waals surface area contributed by atoms with Crippen LogP contribution in [0.25, 0.3) is 21.7 Å². The molecule has 0 spiro atoms. The van der Waals surface area contributed by atoms with Crippen molar-refractivity contribution < 1.29 is 17.9 Å². The third-order valence-corrected chi connectivity index (χ3v) is 4.38. The van der Waals surface area contributed by atoms with Gasteiger partial charge in [-0.25, -0.2) is 0 Å². The van der Waals surface area contributed by atoms with E-state index in [1.54, 1.807) is 18.2 Å². The van der Waals surface area contributed by atoms with Gasteiger partial charge in [-0.1, -0.05) is 13.8 Å². The number of aromatic nitrogens is 2. The Morgan fingerprint density at radius 1 is 1.15 bits per heavy atom. The van der Waals surface area contributed by atoms with Gasteiger partial charge in [-0.3, -0.25) is 14.3 Å². The van der Waals surface area contributed by atoms with Crippen LogP contribution in [0.2, 0.25) is 0 Å². The quantitative estimate of drug-likeness (QED) is 0.451. The summed E-state index contributed by atoms with van der Waals surface area (Å²) in [5.74, 6) is 1.01. The van der Waals surface area contributed by atoms with E-state index in [0.29, 0.717) is 29.0 Å². The van der Waals surface area contributed by atoms with Crippen molar-refractivity contribution in [1.82, 2.24) is 9.55 Å². The summed E-state index contributed by atoms with van der Waals surface area (Å²) in [6.07, 6.45) is 0.172. The van der Waals surface area contributed by atoms with Gasteiger partial charge in [0.15, 0.2) is 0 Å². The second kappa shape index (κ2) is 7.58. The minimum absolute atomic E-state index is 0.167. The van der Waals surface area contributed by atoms with Crippen LogP contribution in [0.1, 0.15) is 26.7 Å². The monoisotopic (exact) mass is 378 g/mol. The minimum atomic E-state index is -4.51. The van der Waals surface area contributed by atoms with Gasteiger partial charge in [0.1, 0.15) is 12.3 Å². The van der Waals surface area contributed by atoms with Crippen molar-refractivity contribution >= 4 is 21.7 Å². The highest BCUT2D eigenvalue weighted by Gasteiger charge is 2.30. The fourth-order valence-corrected chi connectivity index (χ4v) is 3.12. The zero-order valence-electron chi connectivity index (χ0n) is 15.2. The molecule has 3 aromatic rings. The molecule has 0 saturated heterocycles. The van der Waals surface area contributed by atoms with Crippen molar-refractivity contribution in [3.05, 3.63) is 47.0 Å². The third-order valence-electron chi connectivity index (χ3n) is 4.38. The molecule has 0 aliphatic rings. The average Bonchev–Trinajstić information content (AvgIpc) is 2.61. The van der Waals surface area contributed by atoms with E-state index in [1.165, 1.54) is 18.5 Å². The van der Waals surface area contributed by atoms with Gasteiger partial charge in [-0.15, -0.1) is 0 Å². The SMILES string of the molecule is CC(C)CCCOc1ccc2c3ccncc3c(=O)n(CC(F)(F)F)c2c1. The van der Waals surface area contributed by atoms with Crippen LogP contribution in [-0.4, -0.2) is 22.3 Å². The Labute approximate surface area is 154 Å². The van der Waals surface area contributed by atoms with Crippen molar-refractivity contribution in [2.24, 2.45) is 5.92 Å². The van der Waals surface area contributed by atoms with Crippen LogP contribution in [0, 0.1) is 5.92 Å². The Hall–Kier alpha value is -2.57. The van der Waals surface area contributed by atoms with Gasteiger partial charge < -0.3 is 4.74 Å². The molecule has 0 aliphatic carbocycles. The molecule has 3 rings (SSSR count). The van der Waals surface area contributed by atoms with E-state index in [4.69, 9.17) is 4.74 Å². The number of rotatable bonds is 6. The average molecular weight is 378 g/mol. The van der Waals surface area contributed by atoms with Crippen LogP contribution < -0.4 is 10.3 Å². The topological polar surface area (TPSA) is 44.1 Å². The van der Waals surface area contributed by atoms with Crippen molar-refractivity contribution in [1.29, 1.82) is 0 Å². The predicted octanol–water partition coefficient (Wildman–Crippen LogP) is 4.93. The Bertz CT molecular complexity index is 1010. The molecule has 144 valence electrons. The maximum absolute atomic E-state index is 13.1. The van der Waals surface area contributed by atoms with Gasteiger partial charge in [0.2, 0.25) is 0 Å². The molecule has 2 heterocycles. The van der Waals surface area contributed by atoms with Crippen LogP contribution in [0.15, 0.2) is 41.5 Å². The first-order valence-corrected chi connectivity index (χ1v) is 8.86. The summed E-state index contributed by atoms with van der Waals surface area (Å²) in [6, 6.07) is 6.57. The Kier molecular flexibility index (Phi) is 5.39. The second-order valence-electron chi connectivity index (χ2n) is 6.99. The zero-order valence-corrected chi connectivity index (χ0v) is 15.2. The molecule has 0 bridgehead atoms. The highest BCUT2D eigenvalue weighted by molar-refractivity contribution is 6.05. The molecule has 7 heteroatoms. The number of hydrogen-bond acceptors (Lipinski definition) is 3. The molecule has 0 N–H and O–H groups in total. The lowest BCUT2D eigenvalue weighted by molar-refractivity contribution is -0.140. The number of ether oxygens (including phenoxy) is 1. The van der Waals surface area contributed by atoms with E-state index >= 15 is 0 Å². The number of pyridine rings is 2. The number of benzene rings is 1. The van der Waals surface area contributed by atoms with E-state index in [-0.39, 0.29) is 10.9 Å². The molecule has 0 atom stereocenters. The van der Waals surface area contributed by atoms with Gasteiger partial charge in [0.25, 0.3) is 5.56 Å². The molecule has 0 amide bonds. The first-order chi connectivity index (χ1) is 12.8. The summed E-state index contributed by atoms with van der Waals surface area (Å²) in [7, 11) is 0. The van der Waals surface area contributed by atoms with E-state index < -0.39 is 18.3 Å². The van der Waals surface area contributed by atoms with Crippen molar-refractivity contribution in [3.63, 3.8) is 0 Å². The van der Waals surface area contributed by atoms with E-state index in [9.17, 15) is 18.0 Å². The van der Waals surface area contributed by atoms with Gasteiger partial charge >= 0.3 is 6.18 Å². The number of fused-ring (bicyclic) bond motifs is 3. The van der Waals surface area contributed by atoms with Crippen LogP contribution in [-0.2, 0) is 6.54 Å². The maximum Gasteiger partial charge on any atom is 0.406 e. The van der Waals surface area contributed by atoms with E-state index in [0.717, 1.165) is 17.4 Å². The number of hydrogen-bond donors (Lipinski definition) is 0. The largest absolute Gasteiger partial charge is 0.494 e. The van der Waals surface area contributed by atoms with Crippen molar-refractivity contribution in [3.8, 4) is 5.75 Å². The normalized spacial score (nSPS) is 12.2. The molecular formula is C20H21F3N2O2. The van der Waals surface area contributed by atoms with Gasteiger partial charge in [-0.2, -0.15) is 13.2 Å². The maximum atomic E-state index is 13.1. The summed E-state index contributed by atoms with van der Waals surface area (Å²) >= 11 is 0. The summed E-state index contributed by atoms with van der Waals surface area (Å²) in [6.45, 7) is 3.35. The molecule has 0 saturated carbocycles. The van der Waals surface area contributed by atoms with Crippen LogP contribution in [0.4, 0.5) is 13.2 Å². The van der Waals surface area contributed by atoms with Crippen molar-refractivity contribution in [2.75, 3.05) is 6.61 Å². The molecule has 4 nitrogen and oxygen atoms in total. The number of nitrogens with zero attached hydrogens (tertiary/aromatic N) is 2. The summed E-state index contributed by atoms with van der Waals surface area (Å²) in [5, 5.41) is 1.31. The van der Waals surface area contributed by atoms with Crippen molar-refractivity contribution in [2.45, 2.75) is 39.4 Å². The lowest BCUT2D eigenvalue weighted by Gasteiger charge is -2.16. The molecule has 0 unspecified atom stereocenters. The number of halogens is 3. The Balaban J connectivity index is 2.08. The first-order valence-electron chi connectivity index (χ1n) is 8.86. The molecule has 0 fully saturated rings. The summed E-state index contributed by atoms with van der Waals surface area (Å²) in [5.41, 5.74) is -0.503. The van der Waals surface area contributed by atoms with E-state index in [2.05, 4.69) is 18.8 Å². The lowest BCUT2D eigenvalue weighted by atomic mass is 10.1. The lowest BCUT2D eigenvalue weighted by Crippen LogP contribution is -2.28. The molecular weight excluding hydrogens is 357 g/mol.